The summed E-state index contributed by atoms with van der Waals surface area (Å²) >= 11 is 3.36. The van der Waals surface area contributed by atoms with E-state index < -0.39 is 0 Å². The Balaban J connectivity index is 1.98. The van der Waals surface area contributed by atoms with Crippen molar-refractivity contribution in [3.05, 3.63) is 28.6 Å². The van der Waals surface area contributed by atoms with Crippen molar-refractivity contribution < 1.29 is 0 Å². The van der Waals surface area contributed by atoms with Gasteiger partial charge in [0.15, 0.2) is 5.65 Å². The molecule has 0 spiro atoms. The van der Waals surface area contributed by atoms with Crippen LogP contribution in [0.1, 0.15) is 18.0 Å². The van der Waals surface area contributed by atoms with Gasteiger partial charge in [-0.1, -0.05) is 0 Å². The molecule has 0 aliphatic carbocycles. The number of imidazole rings is 1. The average molecular weight is 281 g/mol. The number of hydrogen-bond donors (Lipinski definition) is 0. The SMILES string of the molecule is CN1CCC(c2ccc3nc(Br)cn3n2)C1. The molecule has 0 bridgehead atoms. The van der Waals surface area contributed by atoms with Gasteiger partial charge in [0.1, 0.15) is 4.60 Å². The largest absolute Gasteiger partial charge is 0.306 e. The smallest absolute Gasteiger partial charge is 0.154 e. The van der Waals surface area contributed by atoms with Crippen LogP contribution in [0.3, 0.4) is 0 Å². The highest BCUT2D eigenvalue weighted by Crippen LogP contribution is 2.24. The summed E-state index contributed by atoms with van der Waals surface area (Å²) in [5.74, 6) is 0.565. The van der Waals surface area contributed by atoms with E-state index >= 15 is 0 Å². The lowest BCUT2D eigenvalue weighted by molar-refractivity contribution is 0.410. The third-order valence-corrected chi connectivity index (χ3v) is 3.50. The van der Waals surface area contributed by atoms with Crippen LogP contribution in [0.5, 0.6) is 0 Å². The molecule has 0 radical (unpaired) electrons. The van der Waals surface area contributed by atoms with Crippen molar-refractivity contribution in [2.24, 2.45) is 0 Å². The fourth-order valence-corrected chi connectivity index (χ4v) is 2.64. The number of halogens is 1. The lowest BCUT2D eigenvalue weighted by Crippen LogP contribution is -2.14. The van der Waals surface area contributed by atoms with E-state index in [0.717, 1.165) is 23.3 Å². The number of rotatable bonds is 1. The molecule has 1 unspecified atom stereocenters. The first-order valence-electron chi connectivity index (χ1n) is 5.43. The molecule has 1 aliphatic rings. The minimum Gasteiger partial charge on any atom is -0.306 e. The molecule has 3 rings (SSSR count). The van der Waals surface area contributed by atoms with Crippen LogP contribution in [-0.2, 0) is 0 Å². The van der Waals surface area contributed by atoms with Crippen molar-refractivity contribution >= 4 is 21.6 Å². The number of likely N-dealkylation sites (N-methyl/N-ethyl adjacent to an activating group) is 1. The first-order valence-corrected chi connectivity index (χ1v) is 6.22. The van der Waals surface area contributed by atoms with Gasteiger partial charge in [-0.05, 0) is 48.1 Å². The van der Waals surface area contributed by atoms with E-state index in [0.29, 0.717) is 5.92 Å². The topological polar surface area (TPSA) is 33.4 Å². The van der Waals surface area contributed by atoms with E-state index in [-0.39, 0.29) is 0 Å². The van der Waals surface area contributed by atoms with E-state index in [4.69, 9.17) is 0 Å². The zero-order chi connectivity index (χ0) is 11.1. The van der Waals surface area contributed by atoms with Crippen LogP contribution in [0.15, 0.2) is 22.9 Å². The van der Waals surface area contributed by atoms with Crippen LogP contribution in [-0.4, -0.2) is 39.6 Å². The van der Waals surface area contributed by atoms with Gasteiger partial charge in [-0.15, -0.1) is 0 Å². The Hall–Kier alpha value is -0.940. The summed E-state index contributed by atoms with van der Waals surface area (Å²) in [7, 11) is 2.16. The number of nitrogens with zero attached hydrogens (tertiary/aromatic N) is 4. The Morgan fingerprint density at radius 1 is 1.44 bits per heavy atom. The third-order valence-electron chi connectivity index (χ3n) is 3.12. The number of hydrogen-bond acceptors (Lipinski definition) is 3. The summed E-state index contributed by atoms with van der Waals surface area (Å²) < 4.78 is 2.68. The van der Waals surface area contributed by atoms with Gasteiger partial charge in [0.25, 0.3) is 0 Å². The van der Waals surface area contributed by atoms with Crippen molar-refractivity contribution in [1.29, 1.82) is 0 Å². The molecular formula is C11H13BrN4. The minimum absolute atomic E-state index is 0.565. The van der Waals surface area contributed by atoms with E-state index in [1.165, 1.54) is 12.1 Å². The molecule has 1 atom stereocenters. The molecule has 0 N–H and O–H groups in total. The molecule has 1 fully saturated rings. The van der Waals surface area contributed by atoms with Gasteiger partial charge in [-0.25, -0.2) is 9.50 Å². The number of likely N-dealkylation sites (tertiary alicyclic amines) is 1. The first-order chi connectivity index (χ1) is 7.72. The molecule has 84 valence electrons. The molecule has 2 aromatic heterocycles. The summed E-state index contributed by atoms with van der Waals surface area (Å²) in [6.45, 7) is 2.27. The predicted octanol–water partition coefficient (Wildman–Crippen LogP) is 1.91. The molecule has 2 aromatic rings. The monoisotopic (exact) mass is 280 g/mol. The van der Waals surface area contributed by atoms with E-state index in [2.05, 4.69) is 44.0 Å². The van der Waals surface area contributed by atoms with Gasteiger partial charge in [0, 0.05) is 12.5 Å². The first kappa shape index (κ1) is 10.2. The zero-order valence-electron chi connectivity index (χ0n) is 9.10. The van der Waals surface area contributed by atoms with Gasteiger partial charge in [-0.3, -0.25) is 0 Å². The Morgan fingerprint density at radius 2 is 2.31 bits per heavy atom. The van der Waals surface area contributed by atoms with Crippen LogP contribution in [0.4, 0.5) is 0 Å². The fourth-order valence-electron chi connectivity index (χ4n) is 2.26. The van der Waals surface area contributed by atoms with Gasteiger partial charge in [-0.2, -0.15) is 5.10 Å². The molecular weight excluding hydrogens is 268 g/mol. The maximum Gasteiger partial charge on any atom is 0.154 e. The van der Waals surface area contributed by atoms with Crippen molar-refractivity contribution in [3.8, 4) is 0 Å². The van der Waals surface area contributed by atoms with Gasteiger partial charge >= 0.3 is 0 Å². The lowest BCUT2D eigenvalue weighted by Gasteiger charge is -2.09. The zero-order valence-corrected chi connectivity index (χ0v) is 10.7. The van der Waals surface area contributed by atoms with Crippen LogP contribution in [0.2, 0.25) is 0 Å². The maximum atomic E-state index is 4.61. The summed E-state index contributed by atoms with van der Waals surface area (Å²) in [6, 6.07) is 4.13. The van der Waals surface area contributed by atoms with Crippen molar-refractivity contribution in [1.82, 2.24) is 19.5 Å². The standard InChI is InChI=1S/C11H13BrN4/c1-15-5-4-8(6-15)9-2-3-11-13-10(12)7-16(11)14-9/h2-3,7-8H,4-6H2,1H3. The van der Waals surface area contributed by atoms with Crippen LogP contribution >= 0.6 is 15.9 Å². The van der Waals surface area contributed by atoms with Crippen molar-refractivity contribution in [2.75, 3.05) is 20.1 Å². The molecule has 0 saturated carbocycles. The quantitative estimate of drug-likeness (QED) is 0.800. The Labute approximate surface area is 102 Å². The van der Waals surface area contributed by atoms with E-state index in [1.807, 2.05) is 16.8 Å². The Morgan fingerprint density at radius 3 is 3.06 bits per heavy atom. The van der Waals surface area contributed by atoms with Crippen molar-refractivity contribution in [3.63, 3.8) is 0 Å². The van der Waals surface area contributed by atoms with Gasteiger partial charge in [0.05, 0.1) is 11.9 Å². The van der Waals surface area contributed by atoms with Gasteiger partial charge < -0.3 is 4.90 Å². The average Bonchev–Trinajstić information content (AvgIpc) is 2.81. The molecule has 0 amide bonds. The highest BCUT2D eigenvalue weighted by atomic mass is 79.9. The predicted molar refractivity (Wildman–Crippen MR) is 65.5 cm³/mol. The molecule has 1 saturated heterocycles. The van der Waals surface area contributed by atoms with Crippen LogP contribution in [0, 0.1) is 0 Å². The highest BCUT2D eigenvalue weighted by Gasteiger charge is 2.22. The second-order valence-electron chi connectivity index (χ2n) is 4.37. The molecule has 0 aromatic carbocycles. The minimum atomic E-state index is 0.565. The summed E-state index contributed by atoms with van der Waals surface area (Å²) in [6.07, 6.45) is 3.10. The normalized spacial score (nSPS) is 22.0. The molecule has 16 heavy (non-hydrogen) atoms. The number of aromatic nitrogens is 3. The second kappa shape index (κ2) is 3.82. The summed E-state index contributed by atoms with van der Waals surface area (Å²) in [5, 5.41) is 4.61. The molecule has 1 aliphatic heterocycles. The maximum absolute atomic E-state index is 4.61. The molecule has 4 nitrogen and oxygen atoms in total. The third kappa shape index (κ3) is 1.74. The van der Waals surface area contributed by atoms with Crippen LogP contribution < -0.4 is 0 Å². The summed E-state index contributed by atoms with van der Waals surface area (Å²) in [5.41, 5.74) is 2.06. The lowest BCUT2D eigenvalue weighted by atomic mass is 10.1. The van der Waals surface area contributed by atoms with Crippen molar-refractivity contribution in [2.45, 2.75) is 12.3 Å². The Bertz CT molecular complexity index is 522. The Kier molecular flexibility index (Phi) is 2.44. The van der Waals surface area contributed by atoms with E-state index in [9.17, 15) is 0 Å². The molecule has 5 heteroatoms. The van der Waals surface area contributed by atoms with Gasteiger partial charge in [0.2, 0.25) is 0 Å². The highest BCUT2D eigenvalue weighted by molar-refractivity contribution is 9.10. The number of fused-ring (bicyclic) bond motifs is 1. The fraction of sp³-hybridized carbons (Fsp3) is 0.455. The second-order valence-corrected chi connectivity index (χ2v) is 5.18. The molecule has 3 heterocycles. The summed E-state index contributed by atoms with van der Waals surface area (Å²) in [4.78, 5) is 6.65. The van der Waals surface area contributed by atoms with Crippen LogP contribution in [0.25, 0.3) is 5.65 Å². The van der Waals surface area contributed by atoms with E-state index in [1.54, 1.807) is 0 Å².